The molecule has 0 aliphatic carbocycles. The Balaban J connectivity index is 1.58. The van der Waals surface area contributed by atoms with Crippen LogP contribution in [-0.2, 0) is 0 Å². The molecule has 0 spiro atoms. The van der Waals surface area contributed by atoms with E-state index in [1.54, 1.807) is 0 Å². The van der Waals surface area contributed by atoms with Crippen molar-refractivity contribution >= 4 is 22.8 Å². The molecule has 0 saturated carbocycles. The zero-order chi connectivity index (χ0) is 14.4. The second-order valence-electron chi connectivity index (χ2n) is 6.41. The Morgan fingerprint density at radius 3 is 3.10 bits per heavy atom. The van der Waals surface area contributed by atoms with Crippen LogP contribution in [0.3, 0.4) is 0 Å². The molecule has 4 rings (SSSR count). The number of piperidine rings is 2. The average molecular weight is 286 g/mol. The van der Waals surface area contributed by atoms with Gasteiger partial charge in [0.15, 0.2) is 5.58 Å². The SMILES string of the molecule is CN1CCCC2CN(c3nc4cc(N)ccc4o3)CCC21. The molecule has 5 heteroatoms. The fourth-order valence-electron chi connectivity index (χ4n) is 3.89. The van der Waals surface area contributed by atoms with Crippen molar-refractivity contribution in [2.45, 2.75) is 25.3 Å². The third-order valence-electron chi connectivity index (χ3n) is 5.02. The quantitative estimate of drug-likeness (QED) is 0.815. The van der Waals surface area contributed by atoms with E-state index in [4.69, 9.17) is 10.2 Å². The van der Waals surface area contributed by atoms with Gasteiger partial charge in [-0.3, -0.25) is 0 Å². The van der Waals surface area contributed by atoms with Crippen LogP contribution in [0.2, 0.25) is 0 Å². The maximum absolute atomic E-state index is 5.91. The number of likely N-dealkylation sites (tertiary alicyclic amines) is 1. The van der Waals surface area contributed by atoms with Crippen LogP contribution < -0.4 is 10.6 Å². The predicted octanol–water partition coefficient (Wildman–Crippen LogP) is 2.33. The van der Waals surface area contributed by atoms with E-state index >= 15 is 0 Å². The van der Waals surface area contributed by atoms with Gasteiger partial charge in [0.05, 0.1) is 0 Å². The molecule has 2 N–H and O–H groups in total. The highest BCUT2D eigenvalue weighted by molar-refractivity contribution is 5.78. The average Bonchev–Trinajstić information content (AvgIpc) is 2.90. The first-order chi connectivity index (χ1) is 10.2. The second kappa shape index (κ2) is 4.91. The maximum Gasteiger partial charge on any atom is 0.298 e. The molecule has 2 fully saturated rings. The number of hydrogen-bond acceptors (Lipinski definition) is 5. The summed E-state index contributed by atoms with van der Waals surface area (Å²) in [6, 6.07) is 7.13. The summed E-state index contributed by atoms with van der Waals surface area (Å²) in [6.45, 7) is 3.31. The summed E-state index contributed by atoms with van der Waals surface area (Å²) in [6.07, 6.45) is 3.82. The molecule has 2 unspecified atom stereocenters. The second-order valence-corrected chi connectivity index (χ2v) is 6.41. The lowest BCUT2D eigenvalue weighted by atomic mass is 9.84. The topological polar surface area (TPSA) is 58.5 Å². The molecule has 2 atom stereocenters. The largest absolute Gasteiger partial charge is 0.423 e. The molecular weight excluding hydrogens is 264 g/mol. The molecule has 2 aliphatic rings. The van der Waals surface area contributed by atoms with Crippen LogP contribution in [0, 0.1) is 5.92 Å². The fraction of sp³-hybridized carbons (Fsp3) is 0.562. The Bertz CT molecular complexity index is 653. The molecule has 2 aromatic rings. The van der Waals surface area contributed by atoms with E-state index in [0.29, 0.717) is 0 Å². The third kappa shape index (κ3) is 2.25. The van der Waals surface area contributed by atoms with E-state index < -0.39 is 0 Å². The van der Waals surface area contributed by atoms with Crippen molar-refractivity contribution in [1.29, 1.82) is 0 Å². The van der Waals surface area contributed by atoms with Crippen molar-refractivity contribution in [3.8, 4) is 0 Å². The van der Waals surface area contributed by atoms with Crippen LogP contribution in [0.25, 0.3) is 11.1 Å². The number of nitrogen functional groups attached to an aromatic ring is 1. The normalized spacial score (nSPS) is 27.0. The number of fused-ring (bicyclic) bond motifs is 2. The van der Waals surface area contributed by atoms with Gasteiger partial charge < -0.3 is 20.0 Å². The molecule has 1 aromatic carbocycles. The summed E-state index contributed by atoms with van der Waals surface area (Å²) in [4.78, 5) is 9.45. The van der Waals surface area contributed by atoms with E-state index in [-0.39, 0.29) is 0 Å². The van der Waals surface area contributed by atoms with Crippen molar-refractivity contribution in [3.63, 3.8) is 0 Å². The van der Waals surface area contributed by atoms with Crippen molar-refractivity contribution in [2.75, 3.05) is 37.3 Å². The fourth-order valence-corrected chi connectivity index (χ4v) is 3.89. The van der Waals surface area contributed by atoms with Crippen LogP contribution in [0.15, 0.2) is 22.6 Å². The third-order valence-corrected chi connectivity index (χ3v) is 5.02. The van der Waals surface area contributed by atoms with Crippen LogP contribution in [-0.4, -0.2) is 42.6 Å². The van der Waals surface area contributed by atoms with Gasteiger partial charge in [0, 0.05) is 24.8 Å². The Labute approximate surface area is 124 Å². The van der Waals surface area contributed by atoms with E-state index in [2.05, 4.69) is 21.8 Å². The molecule has 0 radical (unpaired) electrons. The molecule has 3 heterocycles. The van der Waals surface area contributed by atoms with Gasteiger partial charge in [-0.15, -0.1) is 0 Å². The predicted molar refractivity (Wildman–Crippen MR) is 84.4 cm³/mol. The van der Waals surface area contributed by atoms with Crippen LogP contribution in [0.1, 0.15) is 19.3 Å². The number of hydrogen-bond donors (Lipinski definition) is 1. The number of benzene rings is 1. The highest BCUT2D eigenvalue weighted by Gasteiger charge is 2.35. The van der Waals surface area contributed by atoms with Crippen LogP contribution in [0.5, 0.6) is 0 Å². The van der Waals surface area contributed by atoms with Gasteiger partial charge >= 0.3 is 0 Å². The summed E-state index contributed by atoms with van der Waals surface area (Å²) in [5, 5.41) is 0. The number of aromatic nitrogens is 1. The highest BCUT2D eigenvalue weighted by Crippen LogP contribution is 2.33. The number of nitrogens with two attached hydrogens (primary N) is 1. The first-order valence-corrected chi connectivity index (χ1v) is 7.82. The molecule has 1 aromatic heterocycles. The molecular formula is C16H22N4O. The molecule has 0 bridgehead atoms. The number of rotatable bonds is 1. The molecule has 5 nitrogen and oxygen atoms in total. The lowest BCUT2D eigenvalue weighted by molar-refractivity contribution is 0.101. The first kappa shape index (κ1) is 13.0. The van der Waals surface area contributed by atoms with Gasteiger partial charge in [-0.25, -0.2) is 0 Å². The van der Waals surface area contributed by atoms with Gasteiger partial charge in [-0.1, -0.05) is 0 Å². The summed E-state index contributed by atoms with van der Waals surface area (Å²) < 4.78 is 5.91. The zero-order valence-corrected chi connectivity index (χ0v) is 12.5. The number of nitrogens with zero attached hydrogens (tertiary/aromatic N) is 3. The van der Waals surface area contributed by atoms with Crippen LogP contribution >= 0.6 is 0 Å². The van der Waals surface area contributed by atoms with Gasteiger partial charge in [0.25, 0.3) is 6.01 Å². The smallest absolute Gasteiger partial charge is 0.298 e. The van der Waals surface area contributed by atoms with Gasteiger partial charge in [-0.2, -0.15) is 4.98 Å². The highest BCUT2D eigenvalue weighted by atomic mass is 16.4. The first-order valence-electron chi connectivity index (χ1n) is 7.82. The minimum absolute atomic E-state index is 0.731. The Hall–Kier alpha value is -1.75. The van der Waals surface area contributed by atoms with E-state index in [9.17, 15) is 0 Å². The van der Waals surface area contributed by atoms with Crippen molar-refractivity contribution < 1.29 is 4.42 Å². The lowest BCUT2D eigenvalue weighted by Gasteiger charge is -2.45. The zero-order valence-electron chi connectivity index (χ0n) is 12.5. The number of anilines is 2. The summed E-state index contributed by atoms with van der Waals surface area (Å²) in [5.74, 6) is 0.734. The van der Waals surface area contributed by atoms with Gasteiger partial charge in [0.2, 0.25) is 0 Å². The van der Waals surface area contributed by atoms with E-state index in [1.165, 1.54) is 25.8 Å². The molecule has 21 heavy (non-hydrogen) atoms. The van der Waals surface area contributed by atoms with Crippen molar-refractivity contribution in [3.05, 3.63) is 18.2 Å². The van der Waals surface area contributed by atoms with Gasteiger partial charge in [-0.05, 0) is 57.0 Å². The minimum atomic E-state index is 0.731. The minimum Gasteiger partial charge on any atom is -0.423 e. The van der Waals surface area contributed by atoms with Gasteiger partial charge in [0.1, 0.15) is 5.52 Å². The maximum atomic E-state index is 5.91. The Morgan fingerprint density at radius 2 is 2.19 bits per heavy atom. The van der Waals surface area contributed by atoms with Crippen molar-refractivity contribution in [2.24, 2.45) is 5.92 Å². The lowest BCUT2D eigenvalue weighted by Crippen LogP contribution is -2.52. The molecule has 0 amide bonds. The summed E-state index contributed by atoms with van der Waals surface area (Å²) >= 11 is 0. The Morgan fingerprint density at radius 1 is 1.29 bits per heavy atom. The Kier molecular flexibility index (Phi) is 3.03. The molecule has 2 aliphatic heterocycles. The standard InChI is InChI=1S/C16H22N4O/c1-19-7-2-3-11-10-20(8-6-14(11)19)16-18-13-9-12(17)4-5-15(13)21-16/h4-5,9,11,14H,2-3,6-8,10,17H2,1H3. The number of oxazole rings is 1. The summed E-state index contributed by atoms with van der Waals surface area (Å²) in [5.41, 5.74) is 8.22. The van der Waals surface area contributed by atoms with E-state index in [1.807, 2.05) is 18.2 Å². The molecule has 112 valence electrons. The van der Waals surface area contributed by atoms with Crippen molar-refractivity contribution in [1.82, 2.24) is 9.88 Å². The molecule has 2 saturated heterocycles. The van der Waals surface area contributed by atoms with E-state index in [0.717, 1.165) is 47.9 Å². The summed E-state index contributed by atoms with van der Waals surface area (Å²) in [7, 11) is 2.26. The van der Waals surface area contributed by atoms with Crippen LogP contribution in [0.4, 0.5) is 11.7 Å². The monoisotopic (exact) mass is 286 g/mol.